The average molecular weight is 274 g/mol. The highest BCUT2D eigenvalue weighted by atomic mass is 16.3. The number of aliphatic hydroxyl groups excluding tert-OH is 1. The summed E-state index contributed by atoms with van der Waals surface area (Å²) in [6.07, 6.45) is 13.4. The fraction of sp³-hybridized carbons (Fsp3) is 0.412. The summed E-state index contributed by atoms with van der Waals surface area (Å²) < 4.78 is 0. The minimum atomic E-state index is -0.443. The maximum atomic E-state index is 11.4. The van der Waals surface area contributed by atoms with E-state index in [-0.39, 0.29) is 11.6 Å². The standard InChI is InChI=1S/C17H22O3/c1-2-3-8-15(18)9-6-4-5-7-14-12-16(19)10-11-17(20)13-14/h2,5-7,9,12,15,18H,1,3-4,8,10-11,13H2. The van der Waals surface area contributed by atoms with Gasteiger partial charge in [0.05, 0.1) is 6.10 Å². The van der Waals surface area contributed by atoms with Crippen molar-refractivity contribution in [1.29, 1.82) is 0 Å². The van der Waals surface area contributed by atoms with Gasteiger partial charge in [-0.3, -0.25) is 9.59 Å². The highest BCUT2D eigenvalue weighted by Crippen LogP contribution is 2.14. The van der Waals surface area contributed by atoms with E-state index in [1.54, 1.807) is 18.2 Å². The second-order valence-corrected chi connectivity index (χ2v) is 4.90. The van der Waals surface area contributed by atoms with Crippen molar-refractivity contribution in [3.05, 3.63) is 48.6 Å². The molecule has 0 amide bonds. The van der Waals surface area contributed by atoms with E-state index in [9.17, 15) is 14.7 Å². The molecule has 20 heavy (non-hydrogen) atoms. The van der Waals surface area contributed by atoms with Crippen LogP contribution in [0.3, 0.4) is 0 Å². The molecule has 0 bridgehead atoms. The Hall–Kier alpha value is -1.74. The summed E-state index contributed by atoms with van der Waals surface area (Å²) >= 11 is 0. The average Bonchev–Trinajstić information content (AvgIpc) is 2.57. The number of carbonyl (C=O) groups excluding carboxylic acids is 2. The molecule has 0 aromatic carbocycles. The van der Waals surface area contributed by atoms with E-state index < -0.39 is 6.10 Å². The molecule has 0 saturated heterocycles. The van der Waals surface area contributed by atoms with Crippen LogP contribution in [0.5, 0.6) is 0 Å². The summed E-state index contributed by atoms with van der Waals surface area (Å²) in [5, 5.41) is 9.58. The Morgan fingerprint density at radius 1 is 1.30 bits per heavy atom. The van der Waals surface area contributed by atoms with Crippen molar-refractivity contribution in [2.24, 2.45) is 0 Å². The van der Waals surface area contributed by atoms with E-state index in [2.05, 4.69) is 6.58 Å². The molecule has 0 aromatic heterocycles. The van der Waals surface area contributed by atoms with Gasteiger partial charge in [-0.1, -0.05) is 30.4 Å². The van der Waals surface area contributed by atoms with Gasteiger partial charge in [0.15, 0.2) is 5.78 Å². The first-order valence-corrected chi connectivity index (χ1v) is 6.99. The summed E-state index contributed by atoms with van der Waals surface area (Å²) in [7, 11) is 0. The number of rotatable bonds is 7. The van der Waals surface area contributed by atoms with Gasteiger partial charge < -0.3 is 5.11 Å². The Morgan fingerprint density at radius 2 is 2.10 bits per heavy atom. The van der Waals surface area contributed by atoms with Gasteiger partial charge in [0.1, 0.15) is 5.78 Å². The lowest BCUT2D eigenvalue weighted by atomic mass is 10.1. The van der Waals surface area contributed by atoms with E-state index in [0.717, 1.165) is 12.0 Å². The smallest absolute Gasteiger partial charge is 0.156 e. The molecular formula is C17H22O3. The Labute approximate surface area is 120 Å². The molecule has 0 aliphatic heterocycles. The Balaban J connectivity index is 2.40. The van der Waals surface area contributed by atoms with E-state index in [4.69, 9.17) is 0 Å². The van der Waals surface area contributed by atoms with Crippen LogP contribution in [0.1, 0.15) is 38.5 Å². The summed E-state index contributed by atoms with van der Waals surface area (Å²) in [4.78, 5) is 22.8. The van der Waals surface area contributed by atoms with E-state index >= 15 is 0 Å². The zero-order valence-electron chi connectivity index (χ0n) is 11.8. The second-order valence-electron chi connectivity index (χ2n) is 4.90. The van der Waals surface area contributed by atoms with Crippen LogP contribution in [0.2, 0.25) is 0 Å². The fourth-order valence-corrected chi connectivity index (χ4v) is 1.93. The van der Waals surface area contributed by atoms with Crippen LogP contribution < -0.4 is 0 Å². The van der Waals surface area contributed by atoms with Gasteiger partial charge >= 0.3 is 0 Å². The monoisotopic (exact) mass is 274 g/mol. The molecular weight excluding hydrogens is 252 g/mol. The first kappa shape index (κ1) is 16.3. The number of Topliss-reactive ketones (excluding diaryl/α,β-unsaturated/α-hetero) is 1. The normalized spacial score (nSPS) is 18.4. The third-order valence-corrected chi connectivity index (χ3v) is 3.03. The molecule has 108 valence electrons. The number of ketones is 2. The minimum absolute atomic E-state index is 0.0193. The number of allylic oxidation sites excluding steroid dienone is 6. The van der Waals surface area contributed by atoms with Gasteiger partial charge in [-0.05, 0) is 30.9 Å². The third-order valence-electron chi connectivity index (χ3n) is 3.03. The molecule has 1 aliphatic carbocycles. The molecule has 0 saturated carbocycles. The van der Waals surface area contributed by atoms with Crippen LogP contribution in [0.25, 0.3) is 0 Å². The second kappa shape index (κ2) is 9.21. The minimum Gasteiger partial charge on any atom is -0.389 e. The van der Waals surface area contributed by atoms with Gasteiger partial charge in [-0.2, -0.15) is 0 Å². The van der Waals surface area contributed by atoms with Crippen molar-refractivity contribution in [1.82, 2.24) is 0 Å². The summed E-state index contributed by atoms with van der Waals surface area (Å²) in [6, 6.07) is 0. The summed E-state index contributed by atoms with van der Waals surface area (Å²) in [6.45, 7) is 3.61. The van der Waals surface area contributed by atoms with Crippen LogP contribution in [0.4, 0.5) is 0 Å². The van der Waals surface area contributed by atoms with E-state index in [1.165, 1.54) is 0 Å². The molecule has 0 spiro atoms. The molecule has 1 N–H and O–H groups in total. The lowest BCUT2D eigenvalue weighted by Gasteiger charge is -2.01. The van der Waals surface area contributed by atoms with Crippen molar-refractivity contribution >= 4 is 11.6 Å². The first-order chi connectivity index (χ1) is 9.61. The summed E-state index contributed by atoms with van der Waals surface area (Å²) in [5.41, 5.74) is 0.776. The van der Waals surface area contributed by atoms with Gasteiger partial charge in [-0.25, -0.2) is 0 Å². The maximum absolute atomic E-state index is 11.4. The summed E-state index contributed by atoms with van der Waals surface area (Å²) in [5.74, 6) is 0.132. The van der Waals surface area contributed by atoms with Gasteiger partial charge in [0.2, 0.25) is 0 Å². The quantitative estimate of drug-likeness (QED) is 0.726. The molecule has 0 aromatic rings. The zero-order chi connectivity index (χ0) is 14.8. The first-order valence-electron chi connectivity index (χ1n) is 6.99. The van der Waals surface area contributed by atoms with Crippen LogP contribution >= 0.6 is 0 Å². The molecule has 1 aliphatic rings. The predicted molar refractivity (Wildman–Crippen MR) is 80.3 cm³/mol. The van der Waals surface area contributed by atoms with E-state index in [0.29, 0.717) is 32.1 Å². The molecule has 3 heteroatoms. The van der Waals surface area contributed by atoms with Gasteiger partial charge in [-0.15, -0.1) is 6.58 Å². The molecule has 1 unspecified atom stereocenters. The Kier molecular flexibility index (Phi) is 7.51. The molecule has 0 heterocycles. The maximum Gasteiger partial charge on any atom is 0.156 e. The number of hydrogen-bond donors (Lipinski definition) is 1. The Morgan fingerprint density at radius 3 is 2.85 bits per heavy atom. The van der Waals surface area contributed by atoms with Crippen molar-refractivity contribution in [3.63, 3.8) is 0 Å². The number of carbonyl (C=O) groups is 2. The van der Waals surface area contributed by atoms with Gasteiger partial charge in [0.25, 0.3) is 0 Å². The van der Waals surface area contributed by atoms with Crippen LogP contribution in [-0.2, 0) is 9.59 Å². The number of hydrogen-bond acceptors (Lipinski definition) is 3. The highest BCUT2D eigenvalue weighted by Gasteiger charge is 2.12. The van der Waals surface area contributed by atoms with Crippen molar-refractivity contribution in [3.8, 4) is 0 Å². The largest absolute Gasteiger partial charge is 0.389 e. The molecule has 3 nitrogen and oxygen atoms in total. The third kappa shape index (κ3) is 7.00. The highest BCUT2D eigenvalue weighted by molar-refractivity contribution is 5.97. The lowest BCUT2D eigenvalue weighted by molar-refractivity contribution is -0.121. The topological polar surface area (TPSA) is 54.4 Å². The van der Waals surface area contributed by atoms with E-state index in [1.807, 2.05) is 18.2 Å². The van der Waals surface area contributed by atoms with Crippen LogP contribution in [0, 0.1) is 0 Å². The molecule has 1 rings (SSSR count). The Bertz CT molecular complexity index is 441. The van der Waals surface area contributed by atoms with Crippen LogP contribution in [0.15, 0.2) is 48.6 Å². The van der Waals surface area contributed by atoms with Crippen LogP contribution in [-0.4, -0.2) is 22.8 Å². The lowest BCUT2D eigenvalue weighted by Crippen LogP contribution is -2.00. The SMILES string of the molecule is C=CCCC(O)C=CCC=CC1=CC(=O)CCC(=O)C1. The van der Waals surface area contributed by atoms with Crippen molar-refractivity contribution < 1.29 is 14.7 Å². The zero-order valence-corrected chi connectivity index (χ0v) is 11.8. The molecule has 0 fully saturated rings. The number of aliphatic hydroxyl groups is 1. The predicted octanol–water partition coefficient (Wildman–Crippen LogP) is 3.06. The van der Waals surface area contributed by atoms with Crippen molar-refractivity contribution in [2.45, 2.75) is 44.6 Å². The van der Waals surface area contributed by atoms with Crippen molar-refractivity contribution in [2.75, 3.05) is 0 Å². The molecule has 1 atom stereocenters. The van der Waals surface area contributed by atoms with Gasteiger partial charge in [0, 0.05) is 19.3 Å². The fourth-order valence-electron chi connectivity index (χ4n) is 1.93. The molecule has 0 radical (unpaired) electrons.